The van der Waals surface area contributed by atoms with E-state index in [1.54, 1.807) is 0 Å². The maximum absolute atomic E-state index is 4.09. The molecule has 0 aliphatic carbocycles. The number of nitrogens with one attached hydrogen (secondary N) is 2. The van der Waals surface area contributed by atoms with E-state index in [1.807, 2.05) is 6.20 Å². The summed E-state index contributed by atoms with van der Waals surface area (Å²) in [6.45, 7) is 5.51. The molecule has 0 spiro atoms. The predicted octanol–water partition coefficient (Wildman–Crippen LogP) is 2.14. The van der Waals surface area contributed by atoms with E-state index in [-0.39, 0.29) is 0 Å². The molecule has 0 unspecified atom stereocenters. The number of benzene rings is 1. The van der Waals surface area contributed by atoms with E-state index < -0.39 is 0 Å². The molecule has 1 aliphatic heterocycles. The van der Waals surface area contributed by atoms with Crippen molar-refractivity contribution in [1.82, 2.24) is 15.5 Å². The molecule has 2 heterocycles. The summed E-state index contributed by atoms with van der Waals surface area (Å²) in [6, 6.07) is 7.19. The second-order valence-corrected chi connectivity index (χ2v) is 4.98. The number of hydrogen-bond donors (Lipinski definition) is 2. The third-order valence-electron chi connectivity index (χ3n) is 3.73. The fourth-order valence-corrected chi connectivity index (χ4v) is 2.80. The van der Waals surface area contributed by atoms with E-state index in [2.05, 4.69) is 45.5 Å². The van der Waals surface area contributed by atoms with Crippen molar-refractivity contribution in [2.45, 2.75) is 25.8 Å². The zero-order valence-corrected chi connectivity index (χ0v) is 10.8. The Morgan fingerprint density at radius 2 is 2.39 bits per heavy atom. The van der Waals surface area contributed by atoms with Crippen molar-refractivity contribution in [1.29, 1.82) is 0 Å². The highest BCUT2D eigenvalue weighted by Gasteiger charge is 2.21. The van der Waals surface area contributed by atoms with Gasteiger partial charge in [-0.1, -0.05) is 13.3 Å². The fraction of sp³-hybridized carbons (Fsp3) is 0.500. The first kappa shape index (κ1) is 11.5. The van der Waals surface area contributed by atoms with Gasteiger partial charge in [0.25, 0.3) is 0 Å². The highest BCUT2D eigenvalue weighted by Crippen LogP contribution is 2.24. The van der Waals surface area contributed by atoms with E-state index in [0.717, 1.165) is 25.2 Å². The number of fused-ring (bicyclic) bond motifs is 1. The number of aromatic amines is 1. The summed E-state index contributed by atoms with van der Waals surface area (Å²) < 4.78 is 0. The van der Waals surface area contributed by atoms with E-state index in [9.17, 15) is 0 Å². The Morgan fingerprint density at radius 3 is 3.28 bits per heavy atom. The first-order valence-corrected chi connectivity index (χ1v) is 6.79. The largest absolute Gasteiger partial charge is 0.366 e. The molecule has 0 bridgehead atoms. The normalized spacial score (nSPS) is 20.5. The van der Waals surface area contributed by atoms with Crippen molar-refractivity contribution in [2.75, 3.05) is 24.5 Å². The molecule has 1 fully saturated rings. The predicted molar refractivity (Wildman–Crippen MR) is 75.0 cm³/mol. The van der Waals surface area contributed by atoms with Gasteiger partial charge in [0.1, 0.15) is 0 Å². The number of anilines is 1. The molecule has 0 saturated carbocycles. The number of aromatic nitrogens is 2. The van der Waals surface area contributed by atoms with Crippen molar-refractivity contribution >= 4 is 16.6 Å². The van der Waals surface area contributed by atoms with Gasteiger partial charge < -0.3 is 10.2 Å². The van der Waals surface area contributed by atoms with Crippen LogP contribution in [-0.2, 0) is 0 Å². The van der Waals surface area contributed by atoms with Crippen LogP contribution in [0.4, 0.5) is 5.69 Å². The molecule has 1 aliphatic rings. The second kappa shape index (κ2) is 4.98. The molecule has 0 radical (unpaired) electrons. The van der Waals surface area contributed by atoms with Gasteiger partial charge in [-0.25, -0.2) is 0 Å². The summed E-state index contributed by atoms with van der Waals surface area (Å²) in [5, 5.41) is 11.8. The summed E-state index contributed by atoms with van der Waals surface area (Å²) in [4.78, 5) is 2.53. The molecule has 2 N–H and O–H groups in total. The second-order valence-electron chi connectivity index (χ2n) is 4.98. The van der Waals surface area contributed by atoms with Gasteiger partial charge in [0.15, 0.2) is 0 Å². The number of rotatable bonds is 3. The van der Waals surface area contributed by atoms with Gasteiger partial charge in [0, 0.05) is 36.7 Å². The lowest BCUT2D eigenvalue weighted by molar-refractivity contribution is 0.451. The lowest BCUT2D eigenvalue weighted by atomic mass is 10.1. The van der Waals surface area contributed by atoms with Crippen LogP contribution in [0.25, 0.3) is 10.9 Å². The Morgan fingerprint density at radius 1 is 1.44 bits per heavy atom. The Hall–Kier alpha value is -1.55. The van der Waals surface area contributed by atoms with Crippen LogP contribution >= 0.6 is 0 Å². The van der Waals surface area contributed by atoms with Gasteiger partial charge in [0.05, 0.1) is 11.7 Å². The molecule has 1 aromatic heterocycles. The van der Waals surface area contributed by atoms with E-state index in [1.165, 1.54) is 23.9 Å². The Kier molecular flexibility index (Phi) is 3.19. The Labute approximate surface area is 107 Å². The summed E-state index contributed by atoms with van der Waals surface area (Å²) in [7, 11) is 0. The van der Waals surface area contributed by atoms with Crippen LogP contribution in [0, 0.1) is 0 Å². The third kappa shape index (κ3) is 2.08. The zero-order valence-electron chi connectivity index (χ0n) is 10.8. The van der Waals surface area contributed by atoms with Gasteiger partial charge in [-0.2, -0.15) is 5.10 Å². The maximum Gasteiger partial charge on any atom is 0.0651 e. The summed E-state index contributed by atoms with van der Waals surface area (Å²) in [5.74, 6) is 0. The fourth-order valence-electron chi connectivity index (χ4n) is 2.80. The van der Waals surface area contributed by atoms with Gasteiger partial charge >= 0.3 is 0 Å². The van der Waals surface area contributed by atoms with Gasteiger partial charge in [0.2, 0.25) is 0 Å². The standard InChI is InChI=1S/C14H20N4/c1-2-3-13-10-15-6-7-18(13)12-4-5-14-11(8-12)9-16-17-14/h4-5,8-9,13,15H,2-3,6-7,10H2,1H3,(H,16,17)/t13-/m0/s1. The number of hydrogen-bond acceptors (Lipinski definition) is 3. The number of piperazine rings is 1. The topological polar surface area (TPSA) is 44.0 Å². The molecule has 2 aromatic rings. The molecule has 18 heavy (non-hydrogen) atoms. The smallest absolute Gasteiger partial charge is 0.0651 e. The SMILES string of the molecule is CCC[C@H]1CNCCN1c1ccc2[nH]ncc2c1. The quantitative estimate of drug-likeness (QED) is 0.869. The van der Waals surface area contributed by atoms with Gasteiger partial charge in [-0.05, 0) is 24.6 Å². The molecular formula is C14H20N4. The molecule has 4 heteroatoms. The minimum atomic E-state index is 0.619. The molecule has 4 nitrogen and oxygen atoms in total. The van der Waals surface area contributed by atoms with Crippen LogP contribution in [0.5, 0.6) is 0 Å². The average molecular weight is 244 g/mol. The lowest BCUT2D eigenvalue weighted by Gasteiger charge is -2.38. The summed E-state index contributed by atoms with van der Waals surface area (Å²) in [5.41, 5.74) is 2.43. The van der Waals surface area contributed by atoms with Crippen molar-refractivity contribution in [3.05, 3.63) is 24.4 Å². The van der Waals surface area contributed by atoms with E-state index in [4.69, 9.17) is 0 Å². The maximum atomic E-state index is 4.09. The first-order valence-electron chi connectivity index (χ1n) is 6.79. The third-order valence-corrected chi connectivity index (χ3v) is 3.73. The summed E-state index contributed by atoms with van der Waals surface area (Å²) >= 11 is 0. The van der Waals surface area contributed by atoms with Crippen LogP contribution in [0.3, 0.4) is 0 Å². The minimum Gasteiger partial charge on any atom is -0.366 e. The molecule has 3 rings (SSSR count). The van der Waals surface area contributed by atoms with Crippen LogP contribution in [0.15, 0.2) is 24.4 Å². The molecular weight excluding hydrogens is 224 g/mol. The molecule has 1 atom stereocenters. The minimum absolute atomic E-state index is 0.619. The average Bonchev–Trinajstić information content (AvgIpc) is 2.87. The molecule has 96 valence electrons. The van der Waals surface area contributed by atoms with Gasteiger partial charge in [-0.3, -0.25) is 5.10 Å². The van der Waals surface area contributed by atoms with E-state index in [0.29, 0.717) is 6.04 Å². The van der Waals surface area contributed by atoms with E-state index >= 15 is 0 Å². The summed E-state index contributed by atoms with van der Waals surface area (Å²) in [6.07, 6.45) is 4.38. The monoisotopic (exact) mass is 244 g/mol. The van der Waals surface area contributed by atoms with Crippen molar-refractivity contribution < 1.29 is 0 Å². The molecule has 1 saturated heterocycles. The molecule has 0 amide bonds. The lowest BCUT2D eigenvalue weighted by Crippen LogP contribution is -2.51. The molecule has 1 aromatic carbocycles. The highest BCUT2D eigenvalue weighted by atomic mass is 15.2. The zero-order chi connectivity index (χ0) is 12.4. The number of H-pyrrole nitrogens is 1. The number of nitrogens with zero attached hydrogens (tertiary/aromatic N) is 2. The van der Waals surface area contributed by atoms with Crippen LogP contribution in [-0.4, -0.2) is 35.9 Å². The van der Waals surface area contributed by atoms with Crippen LogP contribution in [0.2, 0.25) is 0 Å². The van der Waals surface area contributed by atoms with Crippen molar-refractivity contribution in [2.24, 2.45) is 0 Å². The first-order chi connectivity index (χ1) is 8.88. The van der Waals surface area contributed by atoms with Crippen molar-refractivity contribution in [3.63, 3.8) is 0 Å². The Bertz CT molecular complexity index is 517. The van der Waals surface area contributed by atoms with Crippen LogP contribution < -0.4 is 10.2 Å². The highest BCUT2D eigenvalue weighted by molar-refractivity contribution is 5.82. The van der Waals surface area contributed by atoms with Gasteiger partial charge in [-0.15, -0.1) is 0 Å². The Balaban J connectivity index is 1.90. The van der Waals surface area contributed by atoms with Crippen molar-refractivity contribution in [3.8, 4) is 0 Å². The van der Waals surface area contributed by atoms with Crippen LogP contribution in [0.1, 0.15) is 19.8 Å².